The Bertz CT molecular complexity index is 474. The van der Waals surface area contributed by atoms with Crippen molar-refractivity contribution in [2.75, 3.05) is 19.0 Å². The lowest BCUT2D eigenvalue weighted by Gasteiger charge is -2.29. The van der Waals surface area contributed by atoms with Gasteiger partial charge in [-0.2, -0.15) is 0 Å². The largest absolute Gasteiger partial charge is 0.378 e. The molecule has 110 valence electrons. The molecule has 1 aliphatic heterocycles. The number of carbonyl (C=O) groups is 1. The number of ether oxygens (including phenoxy) is 2. The van der Waals surface area contributed by atoms with Crippen molar-refractivity contribution >= 4 is 11.6 Å². The molecule has 2 atom stereocenters. The molecule has 2 rings (SSSR count). The number of carbonyl (C=O) groups excluding carboxylic acids is 1. The van der Waals surface area contributed by atoms with Crippen molar-refractivity contribution in [2.45, 2.75) is 38.9 Å². The second kappa shape index (κ2) is 5.42. The Morgan fingerprint density at radius 1 is 1.15 bits per heavy atom. The lowest BCUT2D eigenvalue weighted by molar-refractivity contribution is -0.206. The quantitative estimate of drug-likeness (QED) is 0.916. The number of amides is 1. The Morgan fingerprint density at radius 2 is 1.65 bits per heavy atom. The summed E-state index contributed by atoms with van der Waals surface area (Å²) in [6.07, 6.45) is -0.175. The highest BCUT2D eigenvalue weighted by Gasteiger charge is 2.46. The van der Waals surface area contributed by atoms with Gasteiger partial charge in [0.05, 0.1) is 12.2 Å². The maximum absolute atomic E-state index is 11.5. The number of benzene rings is 1. The summed E-state index contributed by atoms with van der Waals surface area (Å²) in [5.41, 5.74) is 1.86. The van der Waals surface area contributed by atoms with Gasteiger partial charge < -0.3 is 19.7 Å². The van der Waals surface area contributed by atoms with Crippen molar-refractivity contribution in [2.24, 2.45) is 0 Å². The normalized spacial score (nSPS) is 24.4. The van der Waals surface area contributed by atoms with E-state index in [1.165, 1.54) is 6.92 Å². The molecule has 5 nitrogen and oxygen atoms in total. The van der Waals surface area contributed by atoms with Gasteiger partial charge >= 0.3 is 0 Å². The number of anilines is 1. The van der Waals surface area contributed by atoms with Gasteiger partial charge in [0.15, 0.2) is 0 Å². The molecule has 1 aromatic rings. The third-order valence-electron chi connectivity index (χ3n) is 3.47. The summed E-state index contributed by atoms with van der Waals surface area (Å²) in [6, 6.07) is 7.77. The van der Waals surface area contributed by atoms with Crippen molar-refractivity contribution in [1.82, 2.24) is 5.32 Å². The number of nitrogens with zero attached hydrogens (tertiary/aromatic N) is 1. The standard InChI is InChI=1S/C15H22N2O3/c1-10-11(2)20-15(19-10,16-12(3)18)13-6-8-14(9-7-13)17(4)5/h6-11H,1-5H3,(H,16,18)/t10-,11-/m1/s1. The third-order valence-corrected chi connectivity index (χ3v) is 3.47. The Balaban J connectivity index is 2.34. The van der Waals surface area contributed by atoms with E-state index in [1.807, 2.05) is 57.1 Å². The minimum Gasteiger partial charge on any atom is -0.378 e. The molecule has 1 fully saturated rings. The molecule has 5 heteroatoms. The molecule has 0 aromatic heterocycles. The number of hydrogen-bond acceptors (Lipinski definition) is 4. The fourth-order valence-corrected chi connectivity index (χ4v) is 2.22. The SMILES string of the molecule is CC(=O)NC1(c2ccc(N(C)C)cc2)O[C@H](C)[C@@H](C)O1. The summed E-state index contributed by atoms with van der Waals surface area (Å²) in [6.45, 7) is 5.32. The first kappa shape index (κ1) is 14.8. The summed E-state index contributed by atoms with van der Waals surface area (Å²) in [4.78, 5) is 13.5. The molecule has 0 bridgehead atoms. The van der Waals surface area contributed by atoms with E-state index in [4.69, 9.17) is 9.47 Å². The third kappa shape index (κ3) is 2.78. The lowest BCUT2D eigenvalue weighted by atomic mass is 10.1. The molecular weight excluding hydrogens is 256 g/mol. The maximum Gasteiger partial charge on any atom is 0.280 e. The maximum atomic E-state index is 11.5. The van der Waals surface area contributed by atoms with Crippen LogP contribution in [-0.4, -0.2) is 32.2 Å². The molecule has 1 saturated heterocycles. The smallest absolute Gasteiger partial charge is 0.280 e. The Morgan fingerprint density at radius 3 is 2.05 bits per heavy atom. The fourth-order valence-electron chi connectivity index (χ4n) is 2.22. The number of hydrogen-bond donors (Lipinski definition) is 1. The van der Waals surface area contributed by atoms with Gasteiger partial charge in [0.2, 0.25) is 5.91 Å². The van der Waals surface area contributed by atoms with Crippen LogP contribution in [0, 0.1) is 0 Å². The first-order chi connectivity index (χ1) is 9.34. The number of nitrogens with one attached hydrogen (secondary N) is 1. The van der Waals surface area contributed by atoms with Gasteiger partial charge in [-0.3, -0.25) is 4.79 Å². The van der Waals surface area contributed by atoms with Crippen molar-refractivity contribution in [1.29, 1.82) is 0 Å². The molecule has 1 heterocycles. The molecule has 0 aliphatic carbocycles. The second-order valence-corrected chi connectivity index (χ2v) is 5.39. The lowest BCUT2D eigenvalue weighted by Crippen LogP contribution is -2.46. The van der Waals surface area contributed by atoms with Crippen molar-refractivity contribution in [3.63, 3.8) is 0 Å². The van der Waals surface area contributed by atoms with Gasteiger partial charge in [-0.05, 0) is 38.1 Å². The first-order valence-electron chi connectivity index (χ1n) is 6.76. The van der Waals surface area contributed by atoms with Crippen LogP contribution in [0.5, 0.6) is 0 Å². The van der Waals surface area contributed by atoms with E-state index < -0.39 is 5.91 Å². The predicted octanol–water partition coefficient (Wildman–Crippen LogP) is 1.82. The Labute approximate surface area is 119 Å². The van der Waals surface area contributed by atoms with E-state index >= 15 is 0 Å². The average Bonchev–Trinajstić information content (AvgIpc) is 2.65. The van der Waals surface area contributed by atoms with Crippen molar-refractivity contribution in [3.05, 3.63) is 29.8 Å². The zero-order chi connectivity index (χ0) is 14.9. The molecule has 1 aliphatic rings. The van der Waals surface area contributed by atoms with E-state index in [-0.39, 0.29) is 18.1 Å². The molecule has 1 amide bonds. The molecular formula is C15H22N2O3. The van der Waals surface area contributed by atoms with Crippen LogP contribution < -0.4 is 10.2 Å². The summed E-state index contributed by atoms with van der Waals surface area (Å²) < 4.78 is 11.8. The monoisotopic (exact) mass is 278 g/mol. The van der Waals surface area contributed by atoms with Crippen LogP contribution in [0.3, 0.4) is 0 Å². The van der Waals surface area contributed by atoms with Gasteiger partial charge in [0, 0.05) is 32.3 Å². The zero-order valence-electron chi connectivity index (χ0n) is 12.6. The Kier molecular flexibility index (Phi) is 4.01. The van der Waals surface area contributed by atoms with Crippen LogP contribution in [0.25, 0.3) is 0 Å². The summed E-state index contributed by atoms with van der Waals surface area (Å²) >= 11 is 0. The highest BCUT2D eigenvalue weighted by atomic mass is 16.8. The Hall–Kier alpha value is -1.59. The van der Waals surface area contributed by atoms with Crippen LogP contribution in [0.15, 0.2) is 24.3 Å². The molecule has 0 saturated carbocycles. The minimum absolute atomic E-state index is 0.0876. The second-order valence-electron chi connectivity index (χ2n) is 5.39. The highest BCUT2D eigenvalue weighted by molar-refractivity contribution is 5.73. The van der Waals surface area contributed by atoms with Gasteiger partial charge in [0.25, 0.3) is 5.91 Å². The van der Waals surface area contributed by atoms with Crippen LogP contribution in [0.2, 0.25) is 0 Å². The molecule has 1 aromatic carbocycles. The molecule has 0 radical (unpaired) electrons. The van der Waals surface area contributed by atoms with Crippen LogP contribution in [-0.2, 0) is 20.2 Å². The van der Waals surface area contributed by atoms with Gasteiger partial charge in [0.1, 0.15) is 0 Å². The topological polar surface area (TPSA) is 50.8 Å². The van der Waals surface area contributed by atoms with Gasteiger partial charge in [-0.15, -0.1) is 0 Å². The summed E-state index contributed by atoms with van der Waals surface area (Å²) in [7, 11) is 3.95. The van der Waals surface area contributed by atoms with E-state index in [1.54, 1.807) is 0 Å². The molecule has 20 heavy (non-hydrogen) atoms. The van der Waals surface area contributed by atoms with E-state index in [0.29, 0.717) is 0 Å². The average molecular weight is 278 g/mol. The van der Waals surface area contributed by atoms with E-state index in [9.17, 15) is 4.79 Å². The molecule has 0 spiro atoms. The van der Waals surface area contributed by atoms with E-state index in [2.05, 4.69) is 5.32 Å². The highest BCUT2D eigenvalue weighted by Crippen LogP contribution is 2.35. The van der Waals surface area contributed by atoms with Crippen LogP contribution in [0.1, 0.15) is 26.3 Å². The summed E-state index contributed by atoms with van der Waals surface area (Å²) in [5, 5.41) is 2.78. The van der Waals surface area contributed by atoms with E-state index in [0.717, 1.165) is 11.3 Å². The first-order valence-corrected chi connectivity index (χ1v) is 6.76. The fraction of sp³-hybridized carbons (Fsp3) is 0.533. The molecule has 0 unspecified atom stereocenters. The number of rotatable bonds is 3. The van der Waals surface area contributed by atoms with Crippen LogP contribution >= 0.6 is 0 Å². The predicted molar refractivity (Wildman–Crippen MR) is 77.4 cm³/mol. The minimum atomic E-state index is -1.19. The van der Waals surface area contributed by atoms with Gasteiger partial charge in [-0.25, -0.2) is 0 Å². The zero-order valence-corrected chi connectivity index (χ0v) is 12.6. The summed E-state index contributed by atoms with van der Waals surface area (Å²) in [5.74, 6) is -1.38. The van der Waals surface area contributed by atoms with Crippen molar-refractivity contribution < 1.29 is 14.3 Å². The van der Waals surface area contributed by atoms with Crippen LogP contribution in [0.4, 0.5) is 5.69 Å². The molecule has 1 N–H and O–H groups in total. The van der Waals surface area contributed by atoms with Gasteiger partial charge in [-0.1, -0.05) is 0 Å². The van der Waals surface area contributed by atoms with Crippen molar-refractivity contribution in [3.8, 4) is 0 Å².